The molecule has 42 heavy (non-hydrogen) atoms. The summed E-state index contributed by atoms with van der Waals surface area (Å²) in [7, 11) is 0. The van der Waals surface area contributed by atoms with Crippen molar-refractivity contribution in [1.82, 2.24) is 0 Å². The highest BCUT2D eigenvalue weighted by atomic mass is 16.3. The van der Waals surface area contributed by atoms with E-state index in [0.717, 1.165) is 33.4 Å². The third-order valence-corrected chi connectivity index (χ3v) is 8.48. The van der Waals surface area contributed by atoms with Gasteiger partial charge in [0.2, 0.25) is 11.8 Å². The summed E-state index contributed by atoms with van der Waals surface area (Å²) in [6, 6.07) is 7.82. The van der Waals surface area contributed by atoms with E-state index in [0.29, 0.717) is 12.8 Å². The normalized spacial score (nSPS) is 15.3. The smallest absolute Gasteiger partial charge is 0.221 e. The molecule has 0 bridgehead atoms. The van der Waals surface area contributed by atoms with Crippen LogP contribution in [0.25, 0.3) is 0 Å². The molecule has 0 saturated heterocycles. The largest absolute Gasteiger partial charge is 0.507 e. The van der Waals surface area contributed by atoms with Crippen LogP contribution in [0, 0.1) is 17.8 Å². The number of amides is 2. The maximum atomic E-state index is 13.0. The summed E-state index contributed by atoms with van der Waals surface area (Å²) < 4.78 is 0. The lowest BCUT2D eigenvalue weighted by Gasteiger charge is -2.31. The van der Waals surface area contributed by atoms with Gasteiger partial charge in [0.05, 0.1) is 0 Å². The minimum atomic E-state index is -0.658. The fraction of sp³-hybridized carbons (Fsp3) is 0.611. The van der Waals surface area contributed by atoms with Gasteiger partial charge in [0.1, 0.15) is 11.5 Å². The summed E-state index contributed by atoms with van der Waals surface area (Å²) in [6.07, 6.45) is 0.644. The number of primary amides is 2. The van der Waals surface area contributed by atoms with Crippen molar-refractivity contribution in [3.8, 4) is 11.5 Å². The lowest BCUT2D eigenvalue weighted by molar-refractivity contribution is -0.127. The average molecular weight is 581 g/mol. The summed E-state index contributed by atoms with van der Waals surface area (Å²) in [6.45, 7) is 26.4. The minimum Gasteiger partial charge on any atom is -0.507 e. The number of phenolic OH excluding ortho intramolecular Hbond substituents is 2. The zero-order valence-corrected chi connectivity index (χ0v) is 28.3. The number of carbonyl (C=O) groups is 2. The van der Waals surface area contributed by atoms with Gasteiger partial charge in [0.15, 0.2) is 0 Å². The number of aromatic hydroxyl groups is 2. The molecule has 0 radical (unpaired) electrons. The van der Waals surface area contributed by atoms with Crippen LogP contribution in [0.15, 0.2) is 24.3 Å². The number of carbonyl (C=O) groups excluding carboxylic acids is 2. The van der Waals surface area contributed by atoms with Crippen LogP contribution in [0.5, 0.6) is 11.5 Å². The van der Waals surface area contributed by atoms with Crippen LogP contribution in [0.2, 0.25) is 0 Å². The number of benzene rings is 2. The molecule has 6 N–H and O–H groups in total. The number of hydrogen-bond donors (Lipinski definition) is 4. The van der Waals surface area contributed by atoms with Gasteiger partial charge in [-0.25, -0.2) is 0 Å². The lowest BCUT2D eigenvalue weighted by atomic mass is 9.73. The summed E-state index contributed by atoms with van der Waals surface area (Å²) in [5.74, 6) is -2.21. The first-order chi connectivity index (χ1) is 18.8. The average Bonchev–Trinajstić information content (AvgIpc) is 2.78. The molecule has 0 fully saturated rings. The zero-order valence-electron chi connectivity index (χ0n) is 28.3. The topological polar surface area (TPSA) is 127 Å². The third kappa shape index (κ3) is 8.08. The van der Waals surface area contributed by atoms with Gasteiger partial charge >= 0.3 is 0 Å². The Kier molecular flexibility index (Phi) is 9.99. The summed E-state index contributed by atoms with van der Waals surface area (Å²) in [5.41, 5.74) is 15.7. The van der Waals surface area contributed by atoms with Crippen LogP contribution in [0.3, 0.4) is 0 Å². The van der Waals surface area contributed by atoms with Crippen molar-refractivity contribution in [2.45, 2.75) is 125 Å². The molecular weight excluding hydrogens is 524 g/mol. The second-order valence-corrected chi connectivity index (χ2v) is 16.4. The van der Waals surface area contributed by atoms with Crippen LogP contribution >= 0.6 is 0 Å². The molecule has 0 aliphatic rings. The van der Waals surface area contributed by atoms with Gasteiger partial charge in [-0.2, -0.15) is 0 Å². The monoisotopic (exact) mass is 580 g/mol. The molecule has 0 aromatic heterocycles. The Balaban J connectivity index is 2.62. The van der Waals surface area contributed by atoms with Gasteiger partial charge in [-0.3, -0.25) is 9.59 Å². The number of phenols is 2. The second-order valence-electron chi connectivity index (χ2n) is 16.4. The highest BCUT2D eigenvalue weighted by Gasteiger charge is 2.36. The molecule has 2 atom stereocenters. The highest BCUT2D eigenvalue weighted by molar-refractivity contribution is 5.81. The van der Waals surface area contributed by atoms with E-state index in [1.807, 2.05) is 114 Å². The zero-order chi connectivity index (χ0) is 32.7. The van der Waals surface area contributed by atoms with E-state index in [-0.39, 0.29) is 33.2 Å². The van der Waals surface area contributed by atoms with Crippen LogP contribution in [-0.4, -0.2) is 22.0 Å². The van der Waals surface area contributed by atoms with Crippen molar-refractivity contribution in [2.24, 2.45) is 29.2 Å². The predicted molar refractivity (Wildman–Crippen MR) is 173 cm³/mol. The Morgan fingerprint density at radius 3 is 0.952 bits per heavy atom. The fourth-order valence-electron chi connectivity index (χ4n) is 5.79. The molecule has 2 amide bonds. The van der Waals surface area contributed by atoms with E-state index in [2.05, 4.69) is 0 Å². The number of rotatable bonds is 8. The Morgan fingerprint density at radius 2 is 0.786 bits per heavy atom. The molecule has 0 saturated carbocycles. The van der Waals surface area contributed by atoms with Crippen molar-refractivity contribution in [2.75, 3.05) is 0 Å². The first-order valence-corrected chi connectivity index (χ1v) is 15.1. The van der Waals surface area contributed by atoms with Crippen molar-refractivity contribution < 1.29 is 19.8 Å². The number of hydrogen-bond acceptors (Lipinski definition) is 4. The molecule has 2 aromatic carbocycles. The first-order valence-electron chi connectivity index (χ1n) is 15.1. The first kappa shape index (κ1) is 35.2. The van der Waals surface area contributed by atoms with Crippen molar-refractivity contribution in [3.63, 3.8) is 0 Å². The molecule has 0 heterocycles. The van der Waals surface area contributed by atoms with Gasteiger partial charge in [0, 0.05) is 11.8 Å². The highest BCUT2D eigenvalue weighted by Crippen LogP contribution is 2.42. The quantitative estimate of drug-likeness (QED) is 0.270. The number of nitrogens with two attached hydrogens (primary N) is 2. The fourth-order valence-corrected chi connectivity index (χ4v) is 5.79. The summed E-state index contributed by atoms with van der Waals surface area (Å²) in [4.78, 5) is 25.9. The van der Waals surface area contributed by atoms with E-state index in [1.165, 1.54) is 0 Å². The SMILES string of the molecule is CC(C(Cc1cc(C(C)(C)C)c(O)c(C(C)(C)C)c1)C(N)=O)C(Cc1cc(C(C)(C)C)c(O)c(C(C)(C)C)c1)C(N)=O. The maximum absolute atomic E-state index is 13.0. The molecule has 0 aliphatic carbocycles. The molecule has 2 aromatic rings. The van der Waals surface area contributed by atoms with E-state index in [4.69, 9.17) is 11.5 Å². The molecule has 6 nitrogen and oxygen atoms in total. The predicted octanol–water partition coefficient (Wildman–Crippen LogP) is 6.91. The van der Waals surface area contributed by atoms with Gasteiger partial charge < -0.3 is 21.7 Å². The van der Waals surface area contributed by atoms with Gasteiger partial charge in [0.25, 0.3) is 0 Å². The Morgan fingerprint density at radius 1 is 0.571 bits per heavy atom. The Bertz CT molecular complexity index is 1140. The molecule has 2 rings (SSSR count). The standard InChI is InChI=1S/C36H56N2O4/c1-20(23(31(37)41)14-21-16-25(33(2,3)4)29(39)26(17-21)34(5,6)7)24(32(38)42)15-22-18-27(35(8,9)10)30(40)28(19-22)36(11,12)13/h16-20,23-24,39-40H,14-15H2,1-13H3,(H2,37,41)(H2,38,42). The van der Waals surface area contributed by atoms with Crippen molar-refractivity contribution in [1.29, 1.82) is 0 Å². The molecule has 2 unspecified atom stereocenters. The molecule has 234 valence electrons. The summed E-state index contributed by atoms with van der Waals surface area (Å²) in [5, 5.41) is 22.3. The van der Waals surface area contributed by atoms with E-state index >= 15 is 0 Å². The summed E-state index contributed by atoms with van der Waals surface area (Å²) >= 11 is 0. The van der Waals surface area contributed by atoms with Gasteiger partial charge in [-0.1, -0.05) is 114 Å². The van der Waals surface area contributed by atoms with E-state index in [1.54, 1.807) is 0 Å². The van der Waals surface area contributed by atoms with E-state index in [9.17, 15) is 19.8 Å². The van der Waals surface area contributed by atoms with Crippen molar-refractivity contribution in [3.05, 3.63) is 57.6 Å². The van der Waals surface area contributed by atoms with Crippen LogP contribution in [-0.2, 0) is 44.1 Å². The maximum Gasteiger partial charge on any atom is 0.221 e. The molecule has 0 spiro atoms. The van der Waals surface area contributed by atoms with Gasteiger partial charge in [-0.05, 0) is 73.8 Å². The van der Waals surface area contributed by atoms with Crippen LogP contribution < -0.4 is 11.5 Å². The molecular formula is C36H56N2O4. The minimum absolute atomic E-state index is 0.272. The van der Waals surface area contributed by atoms with Crippen LogP contribution in [0.1, 0.15) is 123 Å². The second kappa shape index (κ2) is 11.9. The Hall–Kier alpha value is -3.02. The Labute approximate surface area is 254 Å². The molecule has 0 aliphatic heterocycles. The van der Waals surface area contributed by atoms with Crippen LogP contribution in [0.4, 0.5) is 0 Å². The molecule has 6 heteroatoms. The van der Waals surface area contributed by atoms with Gasteiger partial charge in [-0.15, -0.1) is 0 Å². The third-order valence-electron chi connectivity index (χ3n) is 8.48. The van der Waals surface area contributed by atoms with E-state index < -0.39 is 29.6 Å². The van der Waals surface area contributed by atoms with Crippen molar-refractivity contribution >= 4 is 11.8 Å². The lowest BCUT2D eigenvalue weighted by Crippen LogP contribution is -2.40.